The summed E-state index contributed by atoms with van der Waals surface area (Å²) in [4.78, 5) is 16.6. The second-order valence-corrected chi connectivity index (χ2v) is 8.56. The van der Waals surface area contributed by atoms with Gasteiger partial charge in [0.25, 0.3) is 0 Å². The first-order chi connectivity index (χ1) is 16.6. The average molecular weight is 553 g/mol. The van der Waals surface area contributed by atoms with Gasteiger partial charge in [0, 0.05) is 19.5 Å². The maximum Gasteiger partial charge on any atom is 0.316 e. The number of halogens is 1. The number of aromatic nitrogens is 4. The Morgan fingerprint density at radius 1 is 1.06 bits per heavy atom. The lowest BCUT2D eigenvalue weighted by Gasteiger charge is -2.16. The summed E-state index contributed by atoms with van der Waals surface area (Å²) < 4.78 is 46.1. The van der Waals surface area contributed by atoms with Crippen molar-refractivity contribution < 1.29 is 28.2 Å². The fraction of sp³-hybridized carbons (Fsp3) is 0.300. The SMILES string of the molecule is COCCN[S+]([O-])Nc1ncnc(OCCOc2ncc(Br)cn2)c1-c1ccc2c(c1)OCO2. The number of anilines is 1. The topological polar surface area (TPSA) is 145 Å². The first kappa shape index (κ1) is 24.2. The molecule has 2 aromatic heterocycles. The van der Waals surface area contributed by atoms with Crippen molar-refractivity contribution in [2.24, 2.45) is 0 Å². The van der Waals surface area contributed by atoms with Gasteiger partial charge in [-0.2, -0.15) is 4.72 Å². The maximum absolute atomic E-state index is 12.5. The Labute approximate surface area is 207 Å². The van der Waals surface area contributed by atoms with E-state index in [2.05, 4.69) is 45.3 Å². The predicted octanol–water partition coefficient (Wildman–Crippen LogP) is 2.11. The van der Waals surface area contributed by atoms with Crippen molar-refractivity contribution >= 4 is 33.3 Å². The van der Waals surface area contributed by atoms with Gasteiger partial charge in [0.05, 0.1) is 23.2 Å². The monoisotopic (exact) mass is 552 g/mol. The number of nitrogens with one attached hydrogen (secondary N) is 2. The summed E-state index contributed by atoms with van der Waals surface area (Å²) in [6.07, 6.45) is 4.49. The van der Waals surface area contributed by atoms with Crippen molar-refractivity contribution in [3.8, 4) is 34.5 Å². The van der Waals surface area contributed by atoms with Crippen molar-refractivity contribution in [3.63, 3.8) is 0 Å². The van der Waals surface area contributed by atoms with Crippen LogP contribution in [-0.2, 0) is 16.3 Å². The van der Waals surface area contributed by atoms with E-state index < -0.39 is 11.5 Å². The molecule has 1 aromatic carbocycles. The van der Waals surface area contributed by atoms with E-state index in [0.717, 1.165) is 4.47 Å². The van der Waals surface area contributed by atoms with Crippen LogP contribution in [0.1, 0.15) is 0 Å². The Hall–Kier alpha value is -2.91. The molecule has 2 N–H and O–H groups in total. The standard InChI is InChI=1S/C20H21BrN6O6S/c1-29-5-4-26-34(28)27-18-17(13-2-3-15-16(8-13)33-12-32-15)19(25-11-24-18)30-6-7-31-20-22-9-14(21)10-23-20/h2-3,8-11,26H,4-7,12H2,1H3,(H,24,25,27). The summed E-state index contributed by atoms with van der Waals surface area (Å²) in [5.41, 5.74) is 1.19. The van der Waals surface area contributed by atoms with E-state index in [1.807, 2.05) is 6.07 Å². The lowest BCUT2D eigenvalue weighted by Crippen LogP contribution is -2.33. The summed E-state index contributed by atoms with van der Waals surface area (Å²) in [6, 6.07) is 5.61. The highest BCUT2D eigenvalue weighted by molar-refractivity contribution is 9.10. The van der Waals surface area contributed by atoms with Crippen molar-refractivity contribution in [3.05, 3.63) is 41.4 Å². The summed E-state index contributed by atoms with van der Waals surface area (Å²) in [5, 5.41) is 0. The summed E-state index contributed by atoms with van der Waals surface area (Å²) in [5.74, 6) is 1.79. The minimum absolute atomic E-state index is 0.140. The van der Waals surface area contributed by atoms with Crippen LogP contribution < -0.4 is 28.4 Å². The first-order valence-corrected chi connectivity index (χ1v) is 12.0. The Kier molecular flexibility index (Phi) is 8.54. The molecule has 1 aliphatic heterocycles. The average Bonchev–Trinajstić information content (AvgIpc) is 3.31. The van der Waals surface area contributed by atoms with Crippen LogP contribution in [0.15, 0.2) is 41.4 Å². The Balaban J connectivity index is 1.52. The number of nitrogens with zero attached hydrogens (tertiary/aromatic N) is 4. The molecule has 0 bridgehead atoms. The molecule has 0 saturated carbocycles. The van der Waals surface area contributed by atoms with Crippen molar-refractivity contribution in [2.45, 2.75) is 0 Å². The third-order valence-electron chi connectivity index (χ3n) is 4.35. The highest BCUT2D eigenvalue weighted by Crippen LogP contribution is 2.40. The van der Waals surface area contributed by atoms with Gasteiger partial charge in [-0.3, -0.25) is 0 Å². The third-order valence-corrected chi connectivity index (χ3v) is 5.61. The molecule has 1 unspecified atom stereocenters. The number of hydrogen-bond acceptors (Lipinski definition) is 12. The quantitative estimate of drug-likeness (QED) is 0.250. The summed E-state index contributed by atoms with van der Waals surface area (Å²) >= 11 is 1.65. The number of ether oxygens (including phenoxy) is 5. The second-order valence-electron chi connectivity index (χ2n) is 6.61. The van der Waals surface area contributed by atoms with E-state index in [9.17, 15) is 4.55 Å². The second kappa shape index (κ2) is 12.0. The molecule has 14 heteroatoms. The van der Waals surface area contributed by atoms with Crippen LogP contribution in [0.25, 0.3) is 11.1 Å². The number of hydrogen-bond donors (Lipinski definition) is 2. The van der Waals surface area contributed by atoms with Crippen LogP contribution in [0.3, 0.4) is 0 Å². The van der Waals surface area contributed by atoms with Crippen LogP contribution in [0, 0.1) is 0 Å². The normalized spacial score (nSPS) is 12.9. The number of fused-ring (bicyclic) bond motifs is 1. The molecule has 0 radical (unpaired) electrons. The highest BCUT2D eigenvalue weighted by Gasteiger charge is 2.22. The van der Waals surface area contributed by atoms with E-state index >= 15 is 0 Å². The zero-order chi connectivity index (χ0) is 23.8. The lowest BCUT2D eigenvalue weighted by atomic mass is 10.1. The van der Waals surface area contributed by atoms with Crippen LogP contribution in [0.4, 0.5) is 5.82 Å². The highest BCUT2D eigenvalue weighted by atomic mass is 79.9. The molecule has 0 saturated heterocycles. The minimum atomic E-state index is -1.63. The fourth-order valence-corrected chi connectivity index (χ4v) is 3.75. The van der Waals surface area contributed by atoms with Crippen molar-refractivity contribution in [2.75, 3.05) is 45.0 Å². The molecule has 34 heavy (non-hydrogen) atoms. The molecule has 1 aliphatic rings. The lowest BCUT2D eigenvalue weighted by molar-refractivity contribution is 0.174. The van der Waals surface area contributed by atoms with E-state index in [4.69, 9.17) is 23.7 Å². The number of methoxy groups -OCH3 is 1. The smallest absolute Gasteiger partial charge is 0.316 e. The van der Waals surface area contributed by atoms with Crippen LogP contribution in [0.5, 0.6) is 23.4 Å². The molecule has 4 rings (SSSR count). The van der Waals surface area contributed by atoms with E-state index in [0.29, 0.717) is 41.6 Å². The molecular formula is C20H21BrN6O6S. The van der Waals surface area contributed by atoms with Gasteiger partial charge in [-0.15, -0.1) is 4.72 Å². The van der Waals surface area contributed by atoms with Gasteiger partial charge in [-0.1, -0.05) is 6.07 Å². The fourth-order valence-electron chi connectivity index (χ4n) is 2.88. The zero-order valence-corrected chi connectivity index (χ0v) is 20.4. The van der Waals surface area contributed by atoms with Gasteiger partial charge < -0.3 is 28.2 Å². The van der Waals surface area contributed by atoms with Crippen molar-refractivity contribution in [1.82, 2.24) is 24.7 Å². The molecule has 1 atom stereocenters. The molecule has 0 spiro atoms. The Morgan fingerprint density at radius 2 is 1.85 bits per heavy atom. The van der Waals surface area contributed by atoms with E-state index in [-0.39, 0.29) is 31.9 Å². The maximum atomic E-state index is 12.5. The van der Waals surface area contributed by atoms with Gasteiger partial charge in [-0.25, -0.2) is 19.9 Å². The van der Waals surface area contributed by atoms with Gasteiger partial charge in [0.1, 0.15) is 19.5 Å². The van der Waals surface area contributed by atoms with Gasteiger partial charge in [0.15, 0.2) is 28.9 Å². The molecule has 180 valence electrons. The molecular weight excluding hydrogens is 532 g/mol. The molecule has 3 heterocycles. The molecule has 0 fully saturated rings. The zero-order valence-electron chi connectivity index (χ0n) is 18.0. The van der Waals surface area contributed by atoms with E-state index in [1.54, 1.807) is 31.6 Å². The summed E-state index contributed by atoms with van der Waals surface area (Å²) in [6.45, 7) is 1.27. The summed E-state index contributed by atoms with van der Waals surface area (Å²) in [7, 11) is 1.57. The van der Waals surface area contributed by atoms with Gasteiger partial charge in [-0.05, 0) is 33.6 Å². The molecule has 0 amide bonds. The molecule has 12 nitrogen and oxygen atoms in total. The first-order valence-electron chi connectivity index (χ1n) is 10.0. The molecule has 0 aliphatic carbocycles. The van der Waals surface area contributed by atoms with Crippen LogP contribution >= 0.6 is 15.9 Å². The predicted molar refractivity (Wildman–Crippen MR) is 126 cm³/mol. The molecule has 3 aromatic rings. The Morgan fingerprint density at radius 3 is 2.68 bits per heavy atom. The number of benzene rings is 1. The van der Waals surface area contributed by atoms with Gasteiger partial charge in [0.2, 0.25) is 12.7 Å². The van der Waals surface area contributed by atoms with Crippen LogP contribution in [-0.4, -0.2) is 64.8 Å². The Bertz CT molecular complexity index is 1100. The van der Waals surface area contributed by atoms with E-state index in [1.165, 1.54) is 6.33 Å². The third kappa shape index (κ3) is 6.36. The largest absolute Gasteiger partial charge is 0.574 e. The van der Waals surface area contributed by atoms with Crippen molar-refractivity contribution in [1.29, 1.82) is 0 Å². The minimum Gasteiger partial charge on any atom is -0.574 e. The van der Waals surface area contributed by atoms with Crippen LogP contribution in [0.2, 0.25) is 0 Å². The van der Waals surface area contributed by atoms with Gasteiger partial charge >= 0.3 is 6.01 Å². The number of rotatable bonds is 12.